The summed E-state index contributed by atoms with van der Waals surface area (Å²) in [6.45, 7) is 0. The minimum atomic E-state index is 0.590. The summed E-state index contributed by atoms with van der Waals surface area (Å²) in [5.41, 5.74) is 12.6. The molecule has 13 aromatic rings. The van der Waals surface area contributed by atoms with E-state index in [1.807, 2.05) is 24.3 Å². The van der Waals surface area contributed by atoms with Crippen LogP contribution in [-0.4, -0.2) is 19.5 Å². The first kappa shape index (κ1) is 35.6. The number of aromatic nitrogens is 4. The summed E-state index contributed by atoms with van der Waals surface area (Å²) in [5.74, 6) is 1.83. The zero-order valence-corrected chi connectivity index (χ0v) is 34.6. The van der Waals surface area contributed by atoms with Crippen molar-refractivity contribution in [2.45, 2.75) is 0 Å². The number of para-hydroxylation sites is 3. The average molecular weight is 823 g/mol. The van der Waals surface area contributed by atoms with Gasteiger partial charge in [0.25, 0.3) is 0 Å². The normalized spacial score (nSPS) is 11.8. The first-order valence-electron chi connectivity index (χ1n) is 21.1. The summed E-state index contributed by atoms with van der Waals surface area (Å²) in [6, 6.07) is 72.8. The maximum Gasteiger partial charge on any atom is 0.164 e. The van der Waals surface area contributed by atoms with E-state index in [0.29, 0.717) is 17.5 Å². The first-order chi connectivity index (χ1) is 31.2. The minimum absolute atomic E-state index is 0.590. The molecule has 0 bridgehead atoms. The van der Waals surface area contributed by atoms with Gasteiger partial charge in [-0.1, -0.05) is 146 Å². The lowest BCUT2D eigenvalue weighted by molar-refractivity contribution is 0.669. The highest BCUT2D eigenvalue weighted by atomic mass is 32.1. The molecular weight excluding hydrogens is 789 g/mol. The van der Waals surface area contributed by atoms with Crippen molar-refractivity contribution in [1.82, 2.24) is 19.5 Å². The lowest BCUT2D eigenvalue weighted by Gasteiger charge is -2.10. The molecule has 5 nitrogen and oxygen atoms in total. The van der Waals surface area contributed by atoms with Crippen molar-refractivity contribution in [1.29, 1.82) is 0 Å². The van der Waals surface area contributed by atoms with E-state index < -0.39 is 0 Å². The van der Waals surface area contributed by atoms with Crippen molar-refractivity contribution < 1.29 is 4.42 Å². The fraction of sp³-hybridized carbons (Fsp3) is 0. The van der Waals surface area contributed by atoms with Crippen LogP contribution < -0.4 is 0 Å². The summed E-state index contributed by atoms with van der Waals surface area (Å²) in [7, 11) is 0. The molecule has 0 N–H and O–H groups in total. The van der Waals surface area contributed by atoms with Gasteiger partial charge in [0.2, 0.25) is 0 Å². The van der Waals surface area contributed by atoms with E-state index in [-0.39, 0.29) is 0 Å². The monoisotopic (exact) mass is 822 g/mol. The molecule has 0 aliphatic heterocycles. The third kappa shape index (κ3) is 5.87. The quantitative estimate of drug-likeness (QED) is 0.168. The number of rotatable bonds is 6. The lowest BCUT2D eigenvalue weighted by atomic mass is 10.00. The number of fused-ring (bicyclic) bond motifs is 9. The SMILES string of the molecule is c1ccc(-c2ccc(-c3nc(-c4ccc5c(c4)oc4ccccc45)nc(-c4cccc5sc6cc(-c7ccc8c(c7)c7ccccc7n8-c7ccccc7)ccc6c45)n3)cc2)cc1. The molecule has 0 saturated carbocycles. The smallest absolute Gasteiger partial charge is 0.164 e. The Kier molecular flexibility index (Phi) is 8.01. The van der Waals surface area contributed by atoms with Crippen LogP contribution in [0.5, 0.6) is 0 Å². The van der Waals surface area contributed by atoms with Gasteiger partial charge >= 0.3 is 0 Å². The van der Waals surface area contributed by atoms with Crippen LogP contribution in [0.1, 0.15) is 0 Å². The van der Waals surface area contributed by atoms with E-state index in [2.05, 4.69) is 187 Å². The predicted molar refractivity (Wildman–Crippen MR) is 262 cm³/mol. The van der Waals surface area contributed by atoms with Gasteiger partial charge in [0.05, 0.1) is 11.0 Å². The zero-order valence-electron chi connectivity index (χ0n) is 33.7. The first-order valence-corrected chi connectivity index (χ1v) is 21.9. The van der Waals surface area contributed by atoms with Crippen molar-refractivity contribution in [3.05, 3.63) is 206 Å². The summed E-state index contributed by atoms with van der Waals surface area (Å²) in [4.78, 5) is 15.6. The number of hydrogen-bond donors (Lipinski definition) is 0. The van der Waals surface area contributed by atoms with E-state index in [0.717, 1.165) is 60.8 Å². The molecule has 0 atom stereocenters. The van der Waals surface area contributed by atoms with Crippen LogP contribution in [0.3, 0.4) is 0 Å². The molecule has 0 radical (unpaired) electrons. The molecule has 13 rings (SSSR count). The van der Waals surface area contributed by atoms with Crippen LogP contribution in [0, 0.1) is 0 Å². The largest absolute Gasteiger partial charge is 0.456 e. The molecule has 0 aliphatic carbocycles. The van der Waals surface area contributed by atoms with Crippen molar-refractivity contribution in [2.75, 3.05) is 0 Å². The molecule has 0 saturated heterocycles. The van der Waals surface area contributed by atoms with E-state index >= 15 is 0 Å². The average Bonchev–Trinajstić information content (AvgIpc) is 4.03. The fourth-order valence-electron chi connectivity index (χ4n) is 9.26. The third-order valence-electron chi connectivity index (χ3n) is 12.3. The molecule has 0 unspecified atom stereocenters. The predicted octanol–water partition coefficient (Wildman–Crippen LogP) is 15.6. The molecule has 6 heteroatoms. The van der Waals surface area contributed by atoms with Gasteiger partial charge in [-0.2, -0.15) is 0 Å². The molecule has 4 heterocycles. The topological polar surface area (TPSA) is 56.7 Å². The molecular formula is C57H34N4OS. The van der Waals surface area contributed by atoms with E-state index in [4.69, 9.17) is 19.4 Å². The molecule has 63 heavy (non-hydrogen) atoms. The number of thiophene rings is 1. The summed E-state index contributed by atoms with van der Waals surface area (Å²) >= 11 is 1.80. The van der Waals surface area contributed by atoms with Crippen molar-refractivity contribution in [3.63, 3.8) is 0 Å². The van der Waals surface area contributed by atoms with Gasteiger partial charge in [0.1, 0.15) is 11.2 Å². The maximum absolute atomic E-state index is 6.33. The summed E-state index contributed by atoms with van der Waals surface area (Å²) in [6.07, 6.45) is 0. The molecule has 0 fully saturated rings. The maximum atomic E-state index is 6.33. The fourth-order valence-corrected chi connectivity index (χ4v) is 10.4. The minimum Gasteiger partial charge on any atom is -0.456 e. The molecule has 4 aromatic heterocycles. The summed E-state index contributed by atoms with van der Waals surface area (Å²) < 4.78 is 11.1. The number of hydrogen-bond acceptors (Lipinski definition) is 5. The van der Waals surface area contributed by atoms with E-state index in [9.17, 15) is 0 Å². The Balaban J connectivity index is 0.949. The molecule has 0 aliphatic rings. The lowest BCUT2D eigenvalue weighted by Crippen LogP contribution is -2.00. The Labute approximate surface area is 365 Å². The van der Waals surface area contributed by atoms with Gasteiger partial charge < -0.3 is 8.98 Å². The Morgan fingerprint density at radius 3 is 1.81 bits per heavy atom. The molecule has 0 amide bonds. The Morgan fingerprint density at radius 1 is 0.349 bits per heavy atom. The van der Waals surface area contributed by atoms with Crippen LogP contribution in [0.15, 0.2) is 211 Å². The standard InChI is InChI=1S/C57H34N4OS/c1-3-12-35(13-4-1)36-22-24-37(25-23-36)55-58-56(40-27-29-44-43-17-8-10-20-50(43)62-51(44)33-40)60-57(59-55)46-18-11-21-52-54(46)45-30-26-39(34-53(45)63-52)38-28-31-49-47(32-38)42-16-7-9-19-48(42)61(49)41-14-5-2-6-15-41/h1-34H. The Hall–Kier alpha value is -8.19. The van der Waals surface area contributed by atoms with Crippen LogP contribution in [0.2, 0.25) is 0 Å². The molecule has 294 valence electrons. The Bertz CT molecular complexity index is 3900. The van der Waals surface area contributed by atoms with Gasteiger partial charge in [0.15, 0.2) is 17.5 Å². The van der Waals surface area contributed by atoms with Crippen LogP contribution in [0.4, 0.5) is 0 Å². The summed E-state index contributed by atoms with van der Waals surface area (Å²) in [5, 5.41) is 6.95. The van der Waals surface area contributed by atoms with Gasteiger partial charge in [-0.25, -0.2) is 15.0 Å². The third-order valence-corrected chi connectivity index (χ3v) is 13.4. The van der Waals surface area contributed by atoms with Gasteiger partial charge in [-0.15, -0.1) is 11.3 Å². The van der Waals surface area contributed by atoms with Crippen molar-refractivity contribution in [2.24, 2.45) is 0 Å². The highest BCUT2D eigenvalue weighted by Gasteiger charge is 2.19. The highest BCUT2D eigenvalue weighted by Crippen LogP contribution is 2.43. The van der Waals surface area contributed by atoms with E-state index in [1.165, 1.54) is 47.7 Å². The second kappa shape index (κ2) is 14.2. The van der Waals surface area contributed by atoms with Gasteiger partial charge in [-0.3, -0.25) is 0 Å². The number of nitrogens with zero attached hydrogens (tertiary/aromatic N) is 4. The van der Waals surface area contributed by atoms with Gasteiger partial charge in [-0.05, 0) is 82.9 Å². The second-order valence-corrected chi connectivity index (χ2v) is 17.1. The zero-order chi connectivity index (χ0) is 41.4. The second-order valence-electron chi connectivity index (χ2n) is 16.0. The van der Waals surface area contributed by atoms with Crippen LogP contribution in [-0.2, 0) is 0 Å². The molecule has 0 spiro atoms. The van der Waals surface area contributed by atoms with Gasteiger partial charge in [0, 0.05) is 64.1 Å². The van der Waals surface area contributed by atoms with Crippen molar-refractivity contribution in [3.8, 4) is 62.1 Å². The molecule has 9 aromatic carbocycles. The van der Waals surface area contributed by atoms with E-state index in [1.54, 1.807) is 11.3 Å². The number of furan rings is 1. The number of benzene rings is 9. The van der Waals surface area contributed by atoms with Crippen molar-refractivity contribution >= 4 is 75.3 Å². The highest BCUT2D eigenvalue weighted by molar-refractivity contribution is 7.26. The van der Waals surface area contributed by atoms with Crippen LogP contribution in [0.25, 0.3) is 126 Å². The Morgan fingerprint density at radius 2 is 0.952 bits per heavy atom. The van der Waals surface area contributed by atoms with Crippen LogP contribution >= 0.6 is 11.3 Å².